The Hall–Kier alpha value is 1.29. The van der Waals surface area contributed by atoms with Gasteiger partial charge in [-0.05, 0) is 0 Å². The van der Waals surface area contributed by atoms with Gasteiger partial charge in [-0.15, -0.1) is 0 Å². The molecule has 0 aromatic carbocycles. The summed E-state index contributed by atoms with van der Waals surface area (Å²) in [5.41, 5.74) is 0. The lowest BCUT2D eigenvalue weighted by molar-refractivity contribution is 0.780. The van der Waals surface area contributed by atoms with Crippen LogP contribution in [0.1, 0.15) is 62.3 Å². The summed E-state index contributed by atoms with van der Waals surface area (Å²) >= 11 is 0. The lowest BCUT2D eigenvalue weighted by atomic mass is 10.3. The van der Waals surface area contributed by atoms with Crippen molar-refractivity contribution in [2.45, 2.75) is 77.8 Å². The van der Waals surface area contributed by atoms with Crippen LogP contribution in [0, 0.1) is 0 Å². The third kappa shape index (κ3) is 9.03. The van der Waals surface area contributed by atoms with E-state index in [1.165, 1.54) is 0 Å². The molecule has 92 valence electrons. The molecule has 0 saturated heterocycles. The maximum absolute atomic E-state index is 2.40. The fraction of sp³-hybridized carbons (Fsp3) is 1.00. The lowest BCUT2D eigenvalue weighted by Crippen LogP contribution is -2.14. The van der Waals surface area contributed by atoms with E-state index in [0.717, 1.165) is 0 Å². The van der Waals surface area contributed by atoms with Crippen molar-refractivity contribution >= 4 is 23.8 Å². The van der Waals surface area contributed by atoms with Crippen LogP contribution in [0.5, 0.6) is 0 Å². The zero-order chi connectivity index (χ0) is 12.5. The monoisotopic (exact) mass is 264 g/mol. The van der Waals surface area contributed by atoms with Crippen molar-refractivity contribution in [2.24, 2.45) is 0 Å². The Labute approximate surface area is 102 Å². The van der Waals surface area contributed by atoms with Gasteiger partial charge in [0.25, 0.3) is 0 Å². The molecule has 0 nitrogen and oxygen atoms in total. The van der Waals surface area contributed by atoms with Crippen molar-refractivity contribution in [3.63, 3.8) is 0 Å². The third-order valence-electron chi connectivity index (χ3n) is 1.39. The van der Waals surface area contributed by atoms with E-state index in [0.29, 0.717) is 15.5 Å². The minimum Gasteiger partial charge on any atom is -0.533 e. The molecule has 0 fully saturated rings. The van der Waals surface area contributed by atoms with E-state index in [9.17, 15) is 0 Å². The van der Waals surface area contributed by atoms with Gasteiger partial charge >= 0.3 is 0 Å². The van der Waals surface area contributed by atoms with Crippen LogP contribution in [0.4, 0.5) is 0 Å². The first kappa shape index (κ1) is 16.3. The highest BCUT2D eigenvalue weighted by molar-refractivity contribution is 8.52. The molecule has 0 unspecified atom stereocenters. The summed E-state index contributed by atoms with van der Waals surface area (Å²) in [5.74, 6) is 0. The smallest absolute Gasteiger partial charge is 0.0607 e. The van der Waals surface area contributed by atoms with Gasteiger partial charge in [0.2, 0.25) is 0 Å². The predicted octanol–water partition coefficient (Wildman–Crippen LogP) is 6.59. The second-order valence-electron chi connectivity index (χ2n) is 7.00. The quantitative estimate of drug-likeness (QED) is 0.494. The zero-order valence-corrected chi connectivity index (χ0v) is 14.5. The molecule has 15 heavy (non-hydrogen) atoms. The molecule has 0 spiro atoms. The Balaban J connectivity index is 4.62. The molecule has 3 heteroatoms. The summed E-state index contributed by atoms with van der Waals surface area (Å²) in [7, 11) is 3.36. The summed E-state index contributed by atoms with van der Waals surface area (Å²) in [6.45, 7) is 21.3. The Morgan fingerprint density at radius 2 is 0.867 bits per heavy atom. The van der Waals surface area contributed by atoms with Crippen LogP contribution in [0.3, 0.4) is 0 Å². The number of hydrogen-bond donors (Lipinski definition) is 0. The van der Waals surface area contributed by atoms with E-state index in [4.69, 9.17) is 0 Å². The zero-order valence-electron chi connectivity index (χ0n) is 11.8. The molecule has 0 radical (unpaired) electrons. The van der Waals surface area contributed by atoms with Crippen LogP contribution in [0.2, 0.25) is 0 Å². The van der Waals surface area contributed by atoms with Crippen LogP contribution >= 0.6 is 23.8 Å². The van der Waals surface area contributed by atoms with E-state index in [1.807, 2.05) is 0 Å². The highest BCUT2D eigenvalue weighted by Gasteiger charge is 2.12. The van der Waals surface area contributed by atoms with Crippen LogP contribution in [-0.4, -0.2) is 15.5 Å². The topological polar surface area (TPSA) is 0 Å². The van der Waals surface area contributed by atoms with Crippen LogP contribution in [-0.2, 0) is 0 Å². The van der Waals surface area contributed by atoms with Gasteiger partial charge in [-0.3, -0.25) is 0 Å². The largest absolute Gasteiger partial charge is 0.533 e. The van der Waals surface area contributed by atoms with E-state index in [2.05, 4.69) is 62.3 Å². The normalized spacial score (nSPS) is 18.2. The maximum atomic E-state index is 2.40. The van der Waals surface area contributed by atoms with Gasteiger partial charge in [-0.2, -0.15) is 10.3 Å². The molecule has 0 aliphatic carbocycles. The number of hydrogen-bond acceptors (Lipinski definition) is 0. The highest BCUT2D eigenvalue weighted by atomic mass is 32.4. The Morgan fingerprint density at radius 1 is 0.600 bits per heavy atom. The van der Waals surface area contributed by atoms with Gasteiger partial charge in [0.05, 0.1) is 0 Å². The van der Waals surface area contributed by atoms with Gasteiger partial charge in [0, 0.05) is 0 Å². The van der Waals surface area contributed by atoms with E-state index >= 15 is 0 Å². The van der Waals surface area contributed by atoms with E-state index < -0.39 is 0 Å². The third-order valence-corrected chi connectivity index (χ3v) is 14.1. The maximum Gasteiger partial charge on any atom is -0.0607 e. The van der Waals surface area contributed by atoms with E-state index in [-0.39, 0.29) is 7.30 Å². The predicted molar refractivity (Wildman–Crippen MR) is 80.0 cm³/mol. The summed E-state index contributed by atoms with van der Waals surface area (Å²) < 4.78 is 0. The first-order chi connectivity index (χ1) is 6.31. The Kier molecular flexibility index (Phi) is 5.75. The summed E-state index contributed by atoms with van der Waals surface area (Å²) in [4.78, 5) is 0. The van der Waals surface area contributed by atoms with Crippen molar-refractivity contribution in [3.05, 3.63) is 0 Å². The molecule has 0 saturated carbocycles. The molecule has 0 aromatic heterocycles. The molecule has 0 atom stereocenters. The van der Waals surface area contributed by atoms with Gasteiger partial charge in [0.15, 0.2) is 0 Å². The molecular weight excluding hydrogens is 237 g/mol. The SMILES string of the molecule is CC(C)(C)[P-]P([P-]C(C)(C)C)C(C)(C)C. The van der Waals surface area contributed by atoms with Crippen LogP contribution < -0.4 is 0 Å². The van der Waals surface area contributed by atoms with Gasteiger partial charge in [-0.25, -0.2) is 0 Å². The number of rotatable bonds is 2. The minimum atomic E-state index is 0.0666. The molecule has 0 bridgehead atoms. The van der Waals surface area contributed by atoms with E-state index in [1.54, 1.807) is 16.5 Å². The second kappa shape index (κ2) is 5.29. The van der Waals surface area contributed by atoms with Crippen molar-refractivity contribution in [1.29, 1.82) is 0 Å². The first-order valence-electron chi connectivity index (χ1n) is 5.57. The molecule has 0 N–H and O–H groups in total. The van der Waals surface area contributed by atoms with Crippen LogP contribution in [0.15, 0.2) is 0 Å². The first-order valence-corrected chi connectivity index (χ1v) is 10.1. The van der Waals surface area contributed by atoms with Crippen molar-refractivity contribution in [3.8, 4) is 0 Å². The molecule has 0 heterocycles. The Bertz CT molecular complexity index is 174. The highest BCUT2D eigenvalue weighted by Crippen LogP contribution is 2.81. The Morgan fingerprint density at radius 3 is 1.00 bits per heavy atom. The molecule has 0 aliphatic rings. The fourth-order valence-electron chi connectivity index (χ4n) is 0.891. The summed E-state index contributed by atoms with van der Waals surface area (Å²) in [5, 5.41) is 1.35. The van der Waals surface area contributed by atoms with Gasteiger partial charge in [0.1, 0.15) is 0 Å². The molecule has 0 rings (SSSR count). The summed E-state index contributed by atoms with van der Waals surface area (Å²) in [6, 6.07) is 0. The standard InChI is InChI=1S/C12H27P3/c1-10(2,3)13-15(12(7,8)9)14-11(4,5)6/h1-9H3/q-2. The molecule has 0 aromatic rings. The average molecular weight is 264 g/mol. The van der Waals surface area contributed by atoms with Crippen molar-refractivity contribution < 1.29 is 0 Å². The fourth-order valence-corrected chi connectivity index (χ4v) is 13.2. The van der Waals surface area contributed by atoms with Crippen molar-refractivity contribution in [2.75, 3.05) is 0 Å². The summed E-state index contributed by atoms with van der Waals surface area (Å²) in [6.07, 6.45) is 0. The molecule has 0 amide bonds. The minimum absolute atomic E-state index is 0.0666. The average Bonchev–Trinajstić information content (AvgIpc) is 1.75. The molecule has 0 aliphatic heterocycles. The lowest BCUT2D eigenvalue weighted by Gasteiger charge is -2.64. The molecular formula is C12H27P3-2. The van der Waals surface area contributed by atoms with Crippen LogP contribution in [0.25, 0.3) is 0 Å². The second-order valence-corrected chi connectivity index (χ2v) is 16.6. The van der Waals surface area contributed by atoms with Crippen molar-refractivity contribution in [1.82, 2.24) is 0 Å². The van der Waals surface area contributed by atoms with Gasteiger partial charge < -0.3 is 23.8 Å². The van der Waals surface area contributed by atoms with Gasteiger partial charge in [-0.1, -0.05) is 67.5 Å².